The van der Waals surface area contributed by atoms with Gasteiger partial charge in [-0.1, -0.05) is 19.1 Å². The summed E-state index contributed by atoms with van der Waals surface area (Å²) in [6.07, 6.45) is 1.25. The lowest BCUT2D eigenvalue weighted by Crippen LogP contribution is -2.52. The molecule has 23 heavy (non-hydrogen) atoms. The van der Waals surface area contributed by atoms with E-state index in [0.29, 0.717) is 5.41 Å². The van der Waals surface area contributed by atoms with Gasteiger partial charge in [-0.3, -0.25) is 4.90 Å². The maximum atomic E-state index is 12.4. The number of piperazine rings is 1. The highest BCUT2D eigenvalue weighted by Crippen LogP contribution is 2.26. The van der Waals surface area contributed by atoms with E-state index in [2.05, 4.69) is 22.5 Å². The van der Waals surface area contributed by atoms with Crippen molar-refractivity contribution >= 4 is 11.7 Å². The topological polar surface area (TPSA) is 47.6 Å². The normalized spacial score (nSPS) is 25.6. The first-order valence-electron chi connectivity index (χ1n) is 8.60. The number of amides is 2. The van der Waals surface area contributed by atoms with Crippen LogP contribution in [0.3, 0.4) is 0 Å². The van der Waals surface area contributed by atoms with Crippen molar-refractivity contribution in [3.63, 3.8) is 0 Å². The number of rotatable bonds is 3. The minimum atomic E-state index is 0.0176. The van der Waals surface area contributed by atoms with E-state index >= 15 is 0 Å². The zero-order valence-electron chi connectivity index (χ0n) is 14.3. The second-order valence-corrected chi connectivity index (χ2v) is 7.30. The van der Waals surface area contributed by atoms with Gasteiger partial charge in [-0.25, -0.2) is 4.79 Å². The summed E-state index contributed by atoms with van der Waals surface area (Å²) < 4.78 is 0. The molecule has 1 aromatic carbocycles. The second-order valence-electron chi connectivity index (χ2n) is 7.30. The first-order valence-corrected chi connectivity index (χ1v) is 8.60. The first-order chi connectivity index (χ1) is 11.0. The Morgan fingerprint density at radius 3 is 2.74 bits per heavy atom. The van der Waals surface area contributed by atoms with Gasteiger partial charge in [0.05, 0.1) is 0 Å². The van der Waals surface area contributed by atoms with Gasteiger partial charge in [-0.2, -0.15) is 0 Å². The predicted octanol–water partition coefficient (Wildman–Crippen LogP) is 2.14. The third-order valence-corrected chi connectivity index (χ3v) is 4.99. The highest BCUT2D eigenvalue weighted by molar-refractivity contribution is 5.89. The molecule has 3 rings (SSSR count). The fraction of sp³-hybridized carbons (Fsp3) is 0.611. The molecule has 1 unspecified atom stereocenters. The molecule has 2 aliphatic rings. The summed E-state index contributed by atoms with van der Waals surface area (Å²) in [5, 5.41) is 6.47. The molecule has 0 spiro atoms. The minimum absolute atomic E-state index is 0.0176. The molecule has 5 nitrogen and oxygen atoms in total. The molecule has 0 radical (unpaired) electrons. The SMILES string of the molecule is Cc1cccc(NC(=O)N2CCN(CC3(C)CCNC3)CC2)c1. The highest BCUT2D eigenvalue weighted by Gasteiger charge is 2.32. The maximum absolute atomic E-state index is 12.4. The van der Waals surface area contributed by atoms with Crippen molar-refractivity contribution in [3.8, 4) is 0 Å². The van der Waals surface area contributed by atoms with Gasteiger partial charge in [-0.15, -0.1) is 0 Å². The molecule has 5 heteroatoms. The van der Waals surface area contributed by atoms with Crippen molar-refractivity contribution in [2.75, 3.05) is 51.1 Å². The van der Waals surface area contributed by atoms with Crippen molar-refractivity contribution in [1.29, 1.82) is 0 Å². The number of benzene rings is 1. The van der Waals surface area contributed by atoms with E-state index in [0.717, 1.165) is 57.1 Å². The molecule has 1 aromatic rings. The molecular weight excluding hydrogens is 288 g/mol. The Kier molecular flexibility index (Phi) is 4.87. The molecule has 126 valence electrons. The van der Waals surface area contributed by atoms with Gasteiger partial charge in [0.2, 0.25) is 0 Å². The number of aryl methyl sites for hydroxylation is 1. The van der Waals surface area contributed by atoms with E-state index in [-0.39, 0.29) is 6.03 Å². The summed E-state index contributed by atoms with van der Waals surface area (Å²) in [7, 11) is 0. The number of nitrogens with zero attached hydrogens (tertiary/aromatic N) is 2. The smallest absolute Gasteiger partial charge is 0.321 e. The van der Waals surface area contributed by atoms with Crippen LogP contribution >= 0.6 is 0 Å². The van der Waals surface area contributed by atoms with Gasteiger partial charge < -0.3 is 15.5 Å². The molecule has 2 fully saturated rings. The lowest BCUT2D eigenvalue weighted by Gasteiger charge is -2.38. The third-order valence-electron chi connectivity index (χ3n) is 4.99. The van der Waals surface area contributed by atoms with Crippen LogP contribution in [0.25, 0.3) is 0 Å². The van der Waals surface area contributed by atoms with Crippen LogP contribution < -0.4 is 10.6 Å². The van der Waals surface area contributed by atoms with Gasteiger partial charge in [0, 0.05) is 45.0 Å². The van der Waals surface area contributed by atoms with E-state index in [1.165, 1.54) is 6.42 Å². The molecule has 2 N–H and O–H groups in total. The largest absolute Gasteiger partial charge is 0.322 e. The molecule has 0 saturated carbocycles. The number of hydrogen-bond donors (Lipinski definition) is 2. The number of urea groups is 1. The third kappa shape index (κ3) is 4.24. The van der Waals surface area contributed by atoms with Gasteiger partial charge in [0.15, 0.2) is 0 Å². The Hall–Kier alpha value is -1.59. The Morgan fingerprint density at radius 2 is 2.09 bits per heavy atom. The Labute approximate surface area is 139 Å². The van der Waals surface area contributed by atoms with Crippen molar-refractivity contribution in [3.05, 3.63) is 29.8 Å². The summed E-state index contributed by atoms with van der Waals surface area (Å²) in [6.45, 7) is 11.3. The highest BCUT2D eigenvalue weighted by atomic mass is 16.2. The monoisotopic (exact) mass is 316 g/mol. The molecule has 2 amide bonds. The molecule has 2 aliphatic heterocycles. The Balaban J connectivity index is 1.47. The lowest BCUT2D eigenvalue weighted by atomic mass is 9.89. The predicted molar refractivity (Wildman–Crippen MR) is 93.8 cm³/mol. The number of anilines is 1. The molecule has 2 heterocycles. The van der Waals surface area contributed by atoms with Gasteiger partial charge in [0.25, 0.3) is 0 Å². The second kappa shape index (κ2) is 6.89. The van der Waals surface area contributed by atoms with Crippen molar-refractivity contribution in [2.24, 2.45) is 5.41 Å². The van der Waals surface area contributed by atoms with Crippen LogP contribution in [-0.2, 0) is 0 Å². The van der Waals surface area contributed by atoms with Crippen molar-refractivity contribution in [1.82, 2.24) is 15.1 Å². The van der Waals surface area contributed by atoms with E-state index in [1.807, 2.05) is 36.1 Å². The molecule has 0 bridgehead atoms. The Morgan fingerprint density at radius 1 is 1.30 bits per heavy atom. The van der Waals surface area contributed by atoms with Crippen LogP contribution in [-0.4, -0.2) is 61.6 Å². The summed E-state index contributed by atoms with van der Waals surface area (Å²) in [5.41, 5.74) is 2.43. The minimum Gasteiger partial charge on any atom is -0.322 e. The molecule has 0 aromatic heterocycles. The number of carbonyl (C=O) groups is 1. The molecule has 1 atom stereocenters. The lowest BCUT2D eigenvalue weighted by molar-refractivity contribution is 0.112. The molecule has 0 aliphatic carbocycles. The standard InChI is InChI=1S/C18H28N4O/c1-15-4-3-5-16(12-15)20-17(23)22-10-8-21(9-11-22)14-18(2)6-7-19-13-18/h3-5,12,19H,6-11,13-14H2,1-2H3,(H,20,23). The summed E-state index contributed by atoms with van der Waals surface area (Å²) >= 11 is 0. The van der Waals surface area contributed by atoms with E-state index in [4.69, 9.17) is 0 Å². The van der Waals surface area contributed by atoms with Crippen LogP contribution in [0, 0.1) is 12.3 Å². The maximum Gasteiger partial charge on any atom is 0.321 e. The summed E-state index contributed by atoms with van der Waals surface area (Å²) in [6, 6.07) is 7.97. The zero-order chi connectivity index (χ0) is 16.3. The van der Waals surface area contributed by atoms with Crippen LogP contribution in [0.1, 0.15) is 18.9 Å². The quantitative estimate of drug-likeness (QED) is 0.898. The number of nitrogens with one attached hydrogen (secondary N) is 2. The van der Waals surface area contributed by atoms with Crippen LogP contribution in [0.2, 0.25) is 0 Å². The first kappa shape index (κ1) is 16.3. The van der Waals surface area contributed by atoms with Crippen LogP contribution in [0.5, 0.6) is 0 Å². The van der Waals surface area contributed by atoms with Crippen molar-refractivity contribution < 1.29 is 4.79 Å². The van der Waals surface area contributed by atoms with E-state index in [9.17, 15) is 4.79 Å². The van der Waals surface area contributed by atoms with Gasteiger partial charge >= 0.3 is 6.03 Å². The van der Waals surface area contributed by atoms with E-state index in [1.54, 1.807) is 0 Å². The fourth-order valence-corrected chi connectivity index (χ4v) is 3.58. The summed E-state index contributed by atoms with van der Waals surface area (Å²) in [5.74, 6) is 0. The average Bonchev–Trinajstić information content (AvgIpc) is 2.94. The van der Waals surface area contributed by atoms with Gasteiger partial charge in [0.1, 0.15) is 0 Å². The zero-order valence-corrected chi connectivity index (χ0v) is 14.3. The van der Waals surface area contributed by atoms with Crippen LogP contribution in [0.4, 0.5) is 10.5 Å². The van der Waals surface area contributed by atoms with Gasteiger partial charge in [-0.05, 0) is 43.0 Å². The van der Waals surface area contributed by atoms with E-state index < -0.39 is 0 Å². The van der Waals surface area contributed by atoms with Crippen molar-refractivity contribution in [2.45, 2.75) is 20.3 Å². The Bertz CT molecular complexity index is 546. The van der Waals surface area contributed by atoms with Crippen LogP contribution in [0.15, 0.2) is 24.3 Å². The molecular formula is C18H28N4O. The fourth-order valence-electron chi connectivity index (χ4n) is 3.58. The molecule has 2 saturated heterocycles. The number of carbonyl (C=O) groups excluding carboxylic acids is 1. The summed E-state index contributed by atoms with van der Waals surface area (Å²) in [4.78, 5) is 16.8. The average molecular weight is 316 g/mol. The number of hydrogen-bond acceptors (Lipinski definition) is 3.